The Bertz CT molecular complexity index is 2000. The van der Waals surface area contributed by atoms with Gasteiger partial charge in [-0.05, 0) is 63.0 Å². The number of hydrogen-bond donors (Lipinski definition) is 4. The van der Waals surface area contributed by atoms with Crippen LogP contribution in [0, 0.1) is 17.8 Å². The van der Waals surface area contributed by atoms with Gasteiger partial charge >= 0.3 is 6.09 Å². The zero-order valence-electron chi connectivity index (χ0n) is 31.9. The van der Waals surface area contributed by atoms with Gasteiger partial charge in [0.2, 0.25) is 34.1 Å². The van der Waals surface area contributed by atoms with E-state index in [-0.39, 0.29) is 43.1 Å². The van der Waals surface area contributed by atoms with Crippen LogP contribution in [-0.4, -0.2) is 101 Å². The van der Waals surface area contributed by atoms with Crippen LogP contribution >= 0.6 is 0 Å². The summed E-state index contributed by atoms with van der Waals surface area (Å²) in [7, 11) is -2.84. The molecule has 15 nitrogen and oxygen atoms in total. The summed E-state index contributed by atoms with van der Waals surface area (Å²) in [4.78, 5) is 62.5. The van der Waals surface area contributed by atoms with Crippen LogP contribution in [0.4, 0.5) is 22.4 Å². The first-order chi connectivity index (χ1) is 26.8. The molecule has 20 heteroatoms. The number of methoxy groups -OCH3 is 1. The molecule has 6 rings (SSSR count). The van der Waals surface area contributed by atoms with Gasteiger partial charge in [-0.15, -0.1) is 0 Å². The molecule has 0 bridgehead atoms. The molecule has 4 amide bonds. The summed E-state index contributed by atoms with van der Waals surface area (Å²) in [6.07, 6.45) is -2.99. The summed E-state index contributed by atoms with van der Waals surface area (Å²) in [6, 6.07) is 2.94. The first kappa shape index (κ1) is 42.1. The summed E-state index contributed by atoms with van der Waals surface area (Å²) < 4.78 is 97.7. The number of nitrogens with one attached hydrogen (secondary N) is 3. The van der Waals surface area contributed by atoms with E-state index >= 15 is 8.78 Å². The summed E-state index contributed by atoms with van der Waals surface area (Å²) >= 11 is 0. The number of hydrogen-bond acceptors (Lipinski definition) is 10. The fourth-order valence-corrected chi connectivity index (χ4v) is 8.95. The standard InChI is InChI=1S/C37H48F4N6O9S/c1-4-23-26(56-32-30(37(40,41)12-6-5-7-20-8-9-20)43-24-11-10-22(55-3)16-25(24)44-32)19-47(28(48)18-42-34(51)52)29(23)31(49)45-36(17-21(36)15-27(38)39)33(50)46-57(53,54)35(2)13-14-35/h10-11,16,20-21,23,26-27,29,42H,4-9,12-15,17-19H2,1-3H3,(H,45,49)(H,46,50)(H,51,52)/t21-,23-,26+,29+,36-/m1/s1. The molecule has 4 N–H and O–H groups in total. The molecule has 4 aliphatic rings. The van der Waals surface area contributed by atoms with Crippen LogP contribution in [0.3, 0.4) is 0 Å². The molecule has 314 valence electrons. The fourth-order valence-electron chi connectivity index (χ4n) is 7.64. The molecular weight excluding hydrogens is 780 g/mol. The van der Waals surface area contributed by atoms with Gasteiger partial charge in [-0.1, -0.05) is 32.6 Å². The van der Waals surface area contributed by atoms with Crippen molar-refractivity contribution in [1.82, 2.24) is 30.2 Å². The highest BCUT2D eigenvalue weighted by atomic mass is 32.2. The zero-order valence-corrected chi connectivity index (χ0v) is 32.7. The lowest BCUT2D eigenvalue weighted by Gasteiger charge is -2.29. The quantitative estimate of drug-likeness (QED) is 0.115. The lowest BCUT2D eigenvalue weighted by atomic mass is 9.93. The topological polar surface area (TPSA) is 206 Å². The van der Waals surface area contributed by atoms with Crippen molar-refractivity contribution in [3.8, 4) is 11.6 Å². The van der Waals surface area contributed by atoms with Gasteiger partial charge in [0.15, 0.2) is 5.69 Å². The molecule has 4 fully saturated rings. The minimum Gasteiger partial charge on any atom is -0.497 e. The molecule has 0 unspecified atom stereocenters. The van der Waals surface area contributed by atoms with Crippen LogP contribution in [0.25, 0.3) is 11.0 Å². The molecule has 2 heterocycles. The number of carboxylic acid groups (broad SMARTS) is 1. The molecule has 57 heavy (non-hydrogen) atoms. The third-order valence-electron chi connectivity index (χ3n) is 11.7. The van der Waals surface area contributed by atoms with Gasteiger partial charge < -0.3 is 30.1 Å². The molecule has 5 atom stereocenters. The molecular formula is C37H48F4N6O9S. The number of amides is 4. The molecule has 1 aromatic carbocycles. The Labute approximate surface area is 327 Å². The number of halogens is 4. The van der Waals surface area contributed by atoms with E-state index in [4.69, 9.17) is 9.47 Å². The van der Waals surface area contributed by atoms with Crippen molar-refractivity contribution in [2.24, 2.45) is 17.8 Å². The van der Waals surface area contributed by atoms with E-state index in [9.17, 15) is 41.5 Å². The van der Waals surface area contributed by atoms with Gasteiger partial charge in [-0.2, -0.15) is 8.78 Å². The molecule has 0 spiro atoms. The molecule has 3 aliphatic carbocycles. The van der Waals surface area contributed by atoms with Crippen molar-refractivity contribution >= 4 is 44.9 Å². The Kier molecular flexibility index (Phi) is 11.9. The number of sulfonamides is 1. The highest BCUT2D eigenvalue weighted by molar-refractivity contribution is 7.91. The van der Waals surface area contributed by atoms with Gasteiger partial charge in [0.25, 0.3) is 11.8 Å². The molecule has 3 saturated carbocycles. The summed E-state index contributed by atoms with van der Waals surface area (Å²) in [6.45, 7) is 1.80. The lowest BCUT2D eigenvalue weighted by molar-refractivity contribution is -0.140. The van der Waals surface area contributed by atoms with Gasteiger partial charge in [0.1, 0.15) is 30.0 Å². The molecule has 1 saturated heterocycles. The second-order valence-electron chi connectivity index (χ2n) is 15.9. The predicted octanol–water partition coefficient (Wildman–Crippen LogP) is 4.48. The number of likely N-dealkylation sites (tertiary alicyclic amines) is 1. The monoisotopic (exact) mass is 828 g/mol. The molecule has 1 aromatic heterocycles. The predicted molar refractivity (Wildman–Crippen MR) is 195 cm³/mol. The third kappa shape index (κ3) is 9.14. The van der Waals surface area contributed by atoms with Gasteiger partial charge in [-0.3, -0.25) is 19.1 Å². The molecule has 1 aliphatic heterocycles. The van der Waals surface area contributed by atoms with E-state index in [1.165, 1.54) is 32.2 Å². The van der Waals surface area contributed by atoms with Crippen LogP contribution in [0.5, 0.6) is 11.6 Å². The van der Waals surface area contributed by atoms with Crippen LogP contribution in [0.1, 0.15) is 90.2 Å². The second-order valence-corrected chi connectivity index (χ2v) is 18.1. The van der Waals surface area contributed by atoms with Crippen LogP contribution in [0.15, 0.2) is 18.2 Å². The number of fused-ring (bicyclic) bond motifs is 1. The Morgan fingerprint density at radius 1 is 1.11 bits per heavy atom. The number of rotatable bonds is 19. The SMILES string of the molecule is CC[C@@H]1[C@@H](Oc2nc3cc(OC)ccc3nc2C(F)(F)CCCCC2CC2)CN(C(=O)CNC(=O)O)[C@@H]1C(=O)N[C@]1(C(=O)NS(=O)(=O)C2(C)CC2)C[C@H]1CC(F)F. The maximum atomic E-state index is 16.1. The molecule has 0 radical (unpaired) electrons. The van der Waals surface area contributed by atoms with Crippen LogP contribution < -0.4 is 24.8 Å². The number of alkyl halides is 4. The summed E-state index contributed by atoms with van der Waals surface area (Å²) in [5.74, 6) is -8.48. The Hall–Kier alpha value is -4.49. The first-order valence-corrected chi connectivity index (χ1v) is 20.7. The van der Waals surface area contributed by atoms with Crippen molar-refractivity contribution in [3.63, 3.8) is 0 Å². The van der Waals surface area contributed by atoms with Crippen molar-refractivity contribution in [2.75, 3.05) is 20.2 Å². The lowest BCUT2D eigenvalue weighted by Crippen LogP contribution is -2.58. The van der Waals surface area contributed by atoms with Gasteiger partial charge in [0.05, 0.1) is 29.4 Å². The van der Waals surface area contributed by atoms with Crippen LogP contribution in [0.2, 0.25) is 0 Å². The largest absolute Gasteiger partial charge is 0.497 e. The van der Waals surface area contributed by atoms with E-state index < -0.39 is 118 Å². The molecule has 2 aromatic rings. The number of unbranched alkanes of at least 4 members (excludes halogenated alkanes) is 1. The first-order valence-electron chi connectivity index (χ1n) is 19.2. The average molecular weight is 829 g/mol. The summed E-state index contributed by atoms with van der Waals surface area (Å²) in [5.41, 5.74) is -2.55. The van der Waals surface area contributed by atoms with Gasteiger partial charge in [0, 0.05) is 24.8 Å². The number of carbonyl (C=O) groups is 4. The highest BCUT2D eigenvalue weighted by Gasteiger charge is 2.65. The van der Waals surface area contributed by atoms with Crippen molar-refractivity contribution in [1.29, 1.82) is 0 Å². The number of benzene rings is 1. The summed E-state index contributed by atoms with van der Waals surface area (Å²) in [5, 5.41) is 13.6. The van der Waals surface area contributed by atoms with E-state index in [0.717, 1.165) is 24.2 Å². The number of nitrogens with zero attached hydrogens (tertiary/aromatic N) is 3. The Morgan fingerprint density at radius 3 is 2.44 bits per heavy atom. The number of carbonyl (C=O) groups excluding carboxylic acids is 3. The number of aromatic nitrogens is 2. The fraction of sp³-hybridized carbons (Fsp3) is 0.676. The van der Waals surface area contributed by atoms with E-state index in [2.05, 4.69) is 15.3 Å². The van der Waals surface area contributed by atoms with Gasteiger partial charge in [-0.25, -0.2) is 32.0 Å². The van der Waals surface area contributed by atoms with E-state index in [1.54, 1.807) is 6.92 Å². The highest BCUT2D eigenvalue weighted by Crippen LogP contribution is 2.50. The Balaban J connectivity index is 1.32. The minimum atomic E-state index is -4.25. The minimum absolute atomic E-state index is 0.0625. The van der Waals surface area contributed by atoms with Crippen molar-refractivity contribution in [3.05, 3.63) is 23.9 Å². The third-order valence-corrected chi connectivity index (χ3v) is 13.9. The zero-order chi connectivity index (χ0) is 41.5. The average Bonchev–Trinajstić information content (AvgIpc) is 4.10. The Morgan fingerprint density at radius 2 is 1.82 bits per heavy atom. The van der Waals surface area contributed by atoms with E-state index in [0.29, 0.717) is 18.1 Å². The number of ether oxygens (including phenoxy) is 2. The van der Waals surface area contributed by atoms with Crippen molar-refractivity contribution < 1.29 is 59.7 Å². The normalized spacial score (nSPS) is 25.2. The van der Waals surface area contributed by atoms with E-state index in [1.807, 2.05) is 10.0 Å². The maximum absolute atomic E-state index is 16.1. The maximum Gasteiger partial charge on any atom is 0.405 e. The van der Waals surface area contributed by atoms with Crippen LogP contribution in [-0.2, 0) is 30.3 Å². The smallest absolute Gasteiger partial charge is 0.405 e. The van der Waals surface area contributed by atoms with Crippen molar-refractivity contribution in [2.45, 2.75) is 119 Å². The second kappa shape index (κ2) is 16.0.